The lowest BCUT2D eigenvalue weighted by Gasteiger charge is -2.27. The van der Waals surface area contributed by atoms with Crippen LogP contribution in [-0.2, 0) is 6.54 Å². The van der Waals surface area contributed by atoms with Crippen LogP contribution >= 0.6 is 0 Å². The van der Waals surface area contributed by atoms with Gasteiger partial charge in [0, 0.05) is 12.2 Å². The molecule has 0 amide bonds. The molecular formula is C15H19N5. The predicted octanol–water partition coefficient (Wildman–Crippen LogP) is 2.09. The van der Waals surface area contributed by atoms with E-state index in [1.54, 1.807) is 0 Å². The Morgan fingerprint density at radius 3 is 2.75 bits per heavy atom. The molecule has 0 saturated carbocycles. The van der Waals surface area contributed by atoms with Gasteiger partial charge >= 0.3 is 0 Å². The van der Waals surface area contributed by atoms with Crippen LogP contribution in [0.1, 0.15) is 24.2 Å². The summed E-state index contributed by atoms with van der Waals surface area (Å²) in [5.41, 5.74) is 9.54. The molecule has 104 valence electrons. The zero-order valence-corrected chi connectivity index (χ0v) is 11.8. The first-order chi connectivity index (χ1) is 9.70. The van der Waals surface area contributed by atoms with Crippen molar-refractivity contribution in [2.24, 2.45) is 10.7 Å². The summed E-state index contributed by atoms with van der Waals surface area (Å²) in [6.45, 7) is 5.76. The minimum atomic E-state index is 0.125. The monoisotopic (exact) mass is 269 g/mol. The molecule has 3 rings (SSSR count). The van der Waals surface area contributed by atoms with Crippen molar-refractivity contribution < 1.29 is 0 Å². The molecule has 2 heterocycles. The summed E-state index contributed by atoms with van der Waals surface area (Å²) in [7, 11) is 0. The lowest BCUT2D eigenvalue weighted by molar-refractivity contribution is 0.643. The summed E-state index contributed by atoms with van der Waals surface area (Å²) >= 11 is 0. The maximum Gasteiger partial charge on any atom is 0.196 e. The van der Waals surface area contributed by atoms with Crippen molar-refractivity contribution in [2.45, 2.75) is 26.4 Å². The van der Waals surface area contributed by atoms with Gasteiger partial charge in [-0.05, 0) is 26.0 Å². The standard InChI is InChI=1S/C15H19N5/c1-3-19-10-17-8-13(19)14-9-18-15(16)20(14)12-6-4-11(2)5-7-12/h4-8,10,14H,3,9H2,1-2H3,(H2,16,18). The molecule has 2 N–H and O–H groups in total. The zero-order chi connectivity index (χ0) is 14.1. The number of nitrogens with two attached hydrogens (primary N) is 1. The molecule has 0 spiro atoms. The smallest absolute Gasteiger partial charge is 0.196 e. The highest BCUT2D eigenvalue weighted by molar-refractivity contribution is 5.97. The SMILES string of the molecule is CCn1cncc1C1CN=C(N)N1c1ccc(C)cc1. The quantitative estimate of drug-likeness (QED) is 0.928. The molecule has 0 radical (unpaired) electrons. The van der Waals surface area contributed by atoms with Crippen LogP contribution in [0.15, 0.2) is 41.8 Å². The normalized spacial score (nSPS) is 18.4. The Labute approximate surface area is 118 Å². The third-order valence-corrected chi connectivity index (χ3v) is 3.72. The van der Waals surface area contributed by atoms with Crippen molar-refractivity contribution in [1.29, 1.82) is 0 Å². The van der Waals surface area contributed by atoms with Crippen LogP contribution in [0.25, 0.3) is 0 Å². The van der Waals surface area contributed by atoms with Gasteiger partial charge in [-0.1, -0.05) is 17.7 Å². The molecule has 20 heavy (non-hydrogen) atoms. The van der Waals surface area contributed by atoms with Gasteiger partial charge in [-0.2, -0.15) is 0 Å². The maximum atomic E-state index is 6.08. The molecule has 0 fully saturated rings. The molecule has 5 nitrogen and oxygen atoms in total. The van der Waals surface area contributed by atoms with Crippen LogP contribution < -0.4 is 10.6 Å². The van der Waals surface area contributed by atoms with Crippen LogP contribution in [0.4, 0.5) is 5.69 Å². The largest absolute Gasteiger partial charge is 0.369 e. The van der Waals surface area contributed by atoms with Crippen molar-refractivity contribution in [3.05, 3.63) is 48.0 Å². The molecule has 1 aliphatic rings. The van der Waals surface area contributed by atoms with E-state index in [2.05, 4.69) is 57.6 Å². The Balaban J connectivity index is 1.98. The van der Waals surface area contributed by atoms with E-state index in [4.69, 9.17) is 5.73 Å². The molecule has 0 saturated heterocycles. The molecule has 2 aromatic rings. The molecule has 5 heteroatoms. The summed E-state index contributed by atoms with van der Waals surface area (Å²) in [4.78, 5) is 10.7. The van der Waals surface area contributed by atoms with Crippen molar-refractivity contribution in [2.75, 3.05) is 11.4 Å². The van der Waals surface area contributed by atoms with Gasteiger partial charge in [-0.3, -0.25) is 4.99 Å². The topological polar surface area (TPSA) is 59.4 Å². The van der Waals surface area contributed by atoms with Gasteiger partial charge in [0.05, 0.1) is 30.8 Å². The average Bonchev–Trinajstić information content (AvgIpc) is 3.05. The molecule has 1 atom stereocenters. The number of rotatable bonds is 3. The molecule has 0 aliphatic carbocycles. The van der Waals surface area contributed by atoms with Crippen LogP contribution in [-0.4, -0.2) is 22.1 Å². The Morgan fingerprint density at radius 2 is 2.05 bits per heavy atom. The highest BCUT2D eigenvalue weighted by atomic mass is 15.3. The van der Waals surface area contributed by atoms with Crippen molar-refractivity contribution in [3.8, 4) is 0 Å². The Kier molecular flexibility index (Phi) is 3.18. The van der Waals surface area contributed by atoms with Crippen LogP contribution in [0.5, 0.6) is 0 Å². The van der Waals surface area contributed by atoms with Crippen molar-refractivity contribution in [3.63, 3.8) is 0 Å². The third kappa shape index (κ3) is 2.05. The van der Waals surface area contributed by atoms with E-state index in [1.807, 2.05) is 12.5 Å². The van der Waals surface area contributed by atoms with Gasteiger partial charge in [0.2, 0.25) is 0 Å². The third-order valence-electron chi connectivity index (χ3n) is 3.72. The van der Waals surface area contributed by atoms with Crippen LogP contribution in [0.3, 0.4) is 0 Å². The maximum absolute atomic E-state index is 6.08. The summed E-state index contributed by atoms with van der Waals surface area (Å²) in [5, 5.41) is 0. The van der Waals surface area contributed by atoms with Crippen molar-refractivity contribution in [1.82, 2.24) is 9.55 Å². The lowest BCUT2D eigenvalue weighted by atomic mass is 10.1. The summed E-state index contributed by atoms with van der Waals surface area (Å²) in [6, 6.07) is 8.48. The Morgan fingerprint density at radius 1 is 1.30 bits per heavy atom. The number of benzene rings is 1. The highest BCUT2D eigenvalue weighted by Gasteiger charge is 2.30. The van der Waals surface area contributed by atoms with Gasteiger partial charge in [0.15, 0.2) is 5.96 Å². The fourth-order valence-electron chi connectivity index (χ4n) is 2.61. The molecule has 1 unspecified atom stereocenters. The van der Waals surface area contributed by atoms with E-state index >= 15 is 0 Å². The lowest BCUT2D eigenvalue weighted by Crippen LogP contribution is -2.36. The van der Waals surface area contributed by atoms with Gasteiger partial charge in [-0.25, -0.2) is 4.98 Å². The number of aromatic nitrogens is 2. The van der Waals surface area contributed by atoms with E-state index in [-0.39, 0.29) is 6.04 Å². The van der Waals surface area contributed by atoms with Gasteiger partial charge in [-0.15, -0.1) is 0 Å². The molecular weight excluding hydrogens is 250 g/mol. The molecule has 0 bridgehead atoms. The number of imidazole rings is 1. The zero-order valence-electron chi connectivity index (χ0n) is 11.8. The second kappa shape index (κ2) is 5.00. The van der Waals surface area contributed by atoms with E-state index < -0.39 is 0 Å². The van der Waals surface area contributed by atoms with Crippen LogP contribution in [0, 0.1) is 6.92 Å². The number of guanidine groups is 1. The minimum Gasteiger partial charge on any atom is -0.369 e. The van der Waals surface area contributed by atoms with E-state index in [9.17, 15) is 0 Å². The van der Waals surface area contributed by atoms with E-state index in [1.165, 1.54) is 5.56 Å². The van der Waals surface area contributed by atoms with Gasteiger partial charge in [0.1, 0.15) is 0 Å². The second-order valence-corrected chi connectivity index (χ2v) is 5.02. The fourth-order valence-corrected chi connectivity index (χ4v) is 2.61. The average molecular weight is 269 g/mol. The summed E-state index contributed by atoms with van der Waals surface area (Å²) in [6.07, 6.45) is 3.76. The first kappa shape index (κ1) is 12.7. The number of hydrogen-bond donors (Lipinski definition) is 1. The minimum absolute atomic E-state index is 0.125. The molecule has 1 aromatic carbocycles. The molecule has 1 aromatic heterocycles. The fraction of sp³-hybridized carbons (Fsp3) is 0.333. The second-order valence-electron chi connectivity index (χ2n) is 5.02. The van der Waals surface area contributed by atoms with Gasteiger partial charge < -0.3 is 15.2 Å². The molecule has 1 aliphatic heterocycles. The van der Waals surface area contributed by atoms with Crippen molar-refractivity contribution >= 4 is 11.6 Å². The first-order valence-corrected chi connectivity index (χ1v) is 6.86. The van der Waals surface area contributed by atoms with Gasteiger partial charge in [0.25, 0.3) is 0 Å². The summed E-state index contributed by atoms with van der Waals surface area (Å²) < 4.78 is 2.14. The predicted molar refractivity (Wildman–Crippen MR) is 80.8 cm³/mol. The highest BCUT2D eigenvalue weighted by Crippen LogP contribution is 2.31. The van der Waals surface area contributed by atoms with E-state index in [0.717, 1.165) is 17.9 Å². The number of anilines is 1. The number of nitrogens with zero attached hydrogens (tertiary/aromatic N) is 4. The number of aryl methyl sites for hydroxylation is 2. The summed E-state index contributed by atoms with van der Waals surface area (Å²) in [5.74, 6) is 0.572. The first-order valence-electron chi connectivity index (χ1n) is 6.86. The number of aliphatic imine (C=N–C) groups is 1. The van der Waals surface area contributed by atoms with E-state index in [0.29, 0.717) is 12.5 Å². The number of hydrogen-bond acceptors (Lipinski definition) is 4. The van der Waals surface area contributed by atoms with Crippen LogP contribution in [0.2, 0.25) is 0 Å². The Bertz CT molecular complexity index is 626. The Hall–Kier alpha value is -2.30.